The number of carbonyl (C=O) groups excluding carboxylic acids is 2. The molecule has 23 heavy (non-hydrogen) atoms. The monoisotopic (exact) mass is 321 g/mol. The molecule has 7 heteroatoms. The van der Waals surface area contributed by atoms with Gasteiger partial charge in [0.25, 0.3) is 5.91 Å². The van der Waals surface area contributed by atoms with Crippen LogP contribution in [0, 0.1) is 5.92 Å². The Balaban J connectivity index is 1.91. The molecular formula is C16H23N3O4. The van der Waals surface area contributed by atoms with E-state index in [-0.39, 0.29) is 23.8 Å². The van der Waals surface area contributed by atoms with E-state index >= 15 is 0 Å². The summed E-state index contributed by atoms with van der Waals surface area (Å²) in [7, 11) is 3.11. The van der Waals surface area contributed by atoms with Crippen molar-refractivity contribution < 1.29 is 19.1 Å². The van der Waals surface area contributed by atoms with E-state index < -0.39 is 0 Å². The summed E-state index contributed by atoms with van der Waals surface area (Å²) in [5.74, 6) is 0.0132. The summed E-state index contributed by atoms with van der Waals surface area (Å²) in [6.07, 6.45) is 3.98. The highest BCUT2D eigenvalue weighted by Crippen LogP contribution is 2.26. The van der Waals surface area contributed by atoms with Gasteiger partial charge in [-0.15, -0.1) is 0 Å². The van der Waals surface area contributed by atoms with Gasteiger partial charge in [0.15, 0.2) is 0 Å². The first-order valence-corrected chi connectivity index (χ1v) is 7.73. The predicted octanol–water partition coefficient (Wildman–Crippen LogP) is 0.751. The fourth-order valence-corrected chi connectivity index (χ4v) is 2.74. The molecule has 0 unspecified atom stereocenters. The zero-order valence-corrected chi connectivity index (χ0v) is 13.5. The van der Waals surface area contributed by atoms with Crippen molar-refractivity contribution >= 4 is 11.8 Å². The van der Waals surface area contributed by atoms with Gasteiger partial charge in [-0.2, -0.15) is 0 Å². The number of nitrogens with zero attached hydrogens (tertiary/aromatic N) is 1. The third-order valence-corrected chi connectivity index (χ3v) is 3.98. The number of methoxy groups -OCH3 is 2. The molecule has 0 radical (unpaired) electrons. The molecule has 0 aromatic carbocycles. The van der Waals surface area contributed by atoms with Gasteiger partial charge in [-0.25, -0.2) is 4.98 Å². The predicted molar refractivity (Wildman–Crippen MR) is 84.3 cm³/mol. The quantitative estimate of drug-likeness (QED) is 0.724. The molecule has 1 heterocycles. The maximum Gasteiger partial charge on any atom is 0.253 e. The van der Waals surface area contributed by atoms with Crippen molar-refractivity contribution in [2.45, 2.75) is 25.3 Å². The van der Waals surface area contributed by atoms with Crippen molar-refractivity contribution in [3.05, 3.63) is 23.9 Å². The zero-order valence-electron chi connectivity index (χ0n) is 13.5. The maximum atomic E-state index is 12.3. The van der Waals surface area contributed by atoms with Crippen LogP contribution in [0.4, 0.5) is 0 Å². The van der Waals surface area contributed by atoms with E-state index in [0.717, 1.165) is 19.3 Å². The smallest absolute Gasteiger partial charge is 0.253 e. The van der Waals surface area contributed by atoms with Gasteiger partial charge < -0.3 is 20.1 Å². The Morgan fingerprint density at radius 2 is 2.13 bits per heavy atom. The van der Waals surface area contributed by atoms with Crippen LogP contribution in [0.25, 0.3) is 0 Å². The molecule has 0 bridgehead atoms. The van der Waals surface area contributed by atoms with Crippen LogP contribution in [-0.2, 0) is 9.53 Å². The highest BCUT2D eigenvalue weighted by atomic mass is 16.5. The number of ether oxygens (including phenoxy) is 2. The van der Waals surface area contributed by atoms with Crippen LogP contribution in [0.1, 0.15) is 29.6 Å². The topological polar surface area (TPSA) is 89.6 Å². The number of nitrogens with one attached hydrogen (secondary N) is 2. The summed E-state index contributed by atoms with van der Waals surface area (Å²) in [4.78, 5) is 28.5. The molecule has 1 aliphatic rings. The summed E-state index contributed by atoms with van der Waals surface area (Å²) < 4.78 is 9.89. The van der Waals surface area contributed by atoms with Crippen LogP contribution in [-0.4, -0.2) is 50.2 Å². The Bertz CT molecular complexity index is 533. The first-order valence-electron chi connectivity index (χ1n) is 7.73. The van der Waals surface area contributed by atoms with Crippen molar-refractivity contribution in [2.75, 3.05) is 27.4 Å². The van der Waals surface area contributed by atoms with E-state index in [1.807, 2.05) is 0 Å². The second-order valence-corrected chi connectivity index (χ2v) is 5.49. The Kier molecular flexibility index (Phi) is 6.34. The summed E-state index contributed by atoms with van der Waals surface area (Å²) in [6, 6.07) is 3.15. The van der Waals surface area contributed by atoms with E-state index in [1.54, 1.807) is 19.2 Å². The van der Waals surface area contributed by atoms with E-state index in [2.05, 4.69) is 15.6 Å². The lowest BCUT2D eigenvalue weighted by Gasteiger charge is -2.20. The molecule has 1 saturated carbocycles. The summed E-state index contributed by atoms with van der Waals surface area (Å²) >= 11 is 0. The van der Waals surface area contributed by atoms with E-state index in [4.69, 9.17) is 9.47 Å². The fraction of sp³-hybridized carbons (Fsp3) is 0.562. The Hall–Kier alpha value is -2.15. The molecule has 2 rings (SSSR count). The summed E-state index contributed by atoms with van der Waals surface area (Å²) in [6.45, 7) is 0.960. The van der Waals surface area contributed by atoms with Crippen molar-refractivity contribution in [1.82, 2.24) is 15.6 Å². The van der Waals surface area contributed by atoms with Crippen molar-refractivity contribution in [3.8, 4) is 5.88 Å². The molecule has 126 valence electrons. The minimum atomic E-state index is -0.221. The molecule has 1 aromatic heterocycles. The third kappa shape index (κ3) is 4.66. The minimum Gasteiger partial charge on any atom is -0.481 e. The molecule has 1 fully saturated rings. The SMILES string of the molecule is COCCNC(=O)[C@H]1CCC[C@H]1NC(=O)c1ccc(OC)nc1. The van der Waals surface area contributed by atoms with Gasteiger partial charge in [0, 0.05) is 32.0 Å². The Morgan fingerprint density at radius 1 is 1.30 bits per heavy atom. The zero-order chi connectivity index (χ0) is 16.7. The lowest BCUT2D eigenvalue weighted by molar-refractivity contribution is -0.125. The van der Waals surface area contributed by atoms with Gasteiger partial charge in [0.05, 0.1) is 25.2 Å². The maximum absolute atomic E-state index is 12.3. The molecule has 0 spiro atoms. The van der Waals surface area contributed by atoms with Gasteiger partial charge in [-0.05, 0) is 18.9 Å². The highest BCUT2D eigenvalue weighted by molar-refractivity contribution is 5.94. The molecule has 2 atom stereocenters. The second-order valence-electron chi connectivity index (χ2n) is 5.49. The number of hydrogen-bond donors (Lipinski definition) is 2. The average Bonchev–Trinajstić information content (AvgIpc) is 3.03. The van der Waals surface area contributed by atoms with Gasteiger partial charge in [-0.3, -0.25) is 9.59 Å². The Labute approximate surface area is 135 Å². The summed E-state index contributed by atoms with van der Waals surface area (Å²) in [5.41, 5.74) is 0.455. The number of aromatic nitrogens is 1. The number of rotatable bonds is 7. The standard InChI is InChI=1S/C16H23N3O4/c1-22-9-8-17-16(21)12-4-3-5-13(12)19-15(20)11-6-7-14(23-2)18-10-11/h6-7,10,12-13H,3-5,8-9H2,1-2H3,(H,17,21)(H,19,20)/t12-,13+/m0/s1. The molecule has 0 saturated heterocycles. The molecule has 7 nitrogen and oxygen atoms in total. The largest absolute Gasteiger partial charge is 0.481 e. The number of pyridine rings is 1. The summed E-state index contributed by atoms with van der Waals surface area (Å²) in [5, 5.41) is 5.78. The van der Waals surface area contributed by atoms with E-state index in [9.17, 15) is 9.59 Å². The van der Waals surface area contributed by atoms with Crippen LogP contribution in [0.15, 0.2) is 18.3 Å². The highest BCUT2D eigenvalue weighted by Gasteiger charge is 2.33. The second kappa shape index (κ2) is 8.47. The molecular weight excluding hydrogens is 298 g/mol. The van der Waals surface area contributed by atoms with Crippen molar-refractivity contribution in [3.63, 3.8) is 0 Å². The lowest BCUT2D eigenvalue weighted by Crippen LogP contribution is -2.44. The van der Waals surface area contributed by atoms with Crippen LogP contribution >= 0.6 is 0 Å². The number of carbonyl (C=O) groups is 2. The molecule has 2 amide bonds. The van der Waals surface area contributed by atoms with Crippen LogP contribution in [0.2, 0.25) is 0 Å². The first-order chi connectivity index (χ1) is 11.2. The van der Waals surface area contributed by atoms with Gasteiger partial charge >= 0.3 is 0 Å². The normalized spacial score (nSPS) is 20.1. The van der Waals surface area contributed by atoms with Crippen molar-refractivity contribution in [2.24, 2.45) is 5.92 Å². The molecule has 0 aliphatic heterocycles. The third-order valence-electron chi connectivity index (χ3n) is 3.98. The first kappa shape index (κ1) is 17.2. The fourth-order valence-electron chi connectivity index (χ4n) is 2.74. The van der Waals surface area contributed by atoms with Crippen LogP contribution < -0.4 is 15.4 Å². The van der Waals surface area contributed by atoms with E-state index in [0.29, 0.717) is 24.6 Å². The van der Waals surface area contributed by atoms with E-state index in [1.165, 1.54) is 13.3 Å². The van der Waals surface area contributed by atoms with Crippen LogP contribution in [0.5, 0.6) is 5.88 Å². The molecule has 1 aromatic rings. The van der Waals surface area contributed by atoms with Gasteiger partial charge in [-0.1, -0.05) is 6.42 Å². The number of hydrogen-bond acceptors (Lipinski definition) is 5. The average molecular weight is 321 g/mol. The molecule has 2 N–H and O–H groups in total. The van der Waals surface area contributed by atoms with Crippen molar-refractivity contribution in [1.29, 1.82) is 0 Å². The minimum absolute atomic E-state index is 0.0299. The lowest BCUT2D eigenvalue weighted by atomic mass is 10.0. The van der Waals surface area contributed by atoms with Gasteiger partial charge in [0.2, 0.25) is 11.8 Å². The molecule has 1 aliphatic carbocycles. The van der Waals surface area contributed by atoms with Gasteiger partial charge in [0.1, 0.15) is 0 Å². The Morgan fingerprint density at radius 3 is 2.78 bits per heavy atom. The van der Waals surface area contributed by atoms with Crippen LogP contribution in [0.3, 0.4) is 0 Å². The number of amides is 2.